The summed E-state index contributed by atoms with van der Waals surface area (Å²) in [6.45, 7) is 4.25. The maximum Gasteiger partial charge on any atom is 0.240 e. The number of pyridine rings is 1. The van der Waals surface area contributed by atoms with Crippen LogP contribution >= 0.6 is 0 Å². The van der Waals surface area contributed by atoms with Crippen molar-refractivity contribution in [2.45, 2.75) is 26.2 Å². The maximum atomic E-state index is 4.89. The number of rotatable bonds is 3. The lowest BCUT2D eigenvalue weighted by molar-refractivity contribution is 0.829. The van der Waals surface area contributed by atoms with Crippen molar-refractivity contribution in [2.75, 3.05) is 12.4 Å². The van der Waals surface area contributed by atoms with Gasteiger partial charge in [0.2, 0.25) is 5.95 Å². The van der Waals surface area contributed by atoms with Gasteiger partial charge in [-0.05, 0) is 31.5 Å². The van der Waals surface area contributed by atoms with Crippen LogP contribution in [0.4, 0.5) is 11.6 Å². The summed E-state index contributed by atoms with van der Waals surface area (Å²) in [6.07, 6.45) is 4.77. The maximum absolute atomic E-state index is 4.89. The molecule has 3 aromatic rings. The third kappa shape index (κ3) is 2.10. The van der Waals surface area contributed by atoms with E-state index in [-0.39, 0.29) is 0 Å². The van der Waals surface area contributed by atoms with Crippen molar-refractivity contribution >= 4 is 22.9 Å². The number of hydrogen-bond acceptors (Lipinski definition) is 5. The largest absolute Gasteiger partial charge is 0.356 e. The molecule has 0 spiro atoms. The molecule has 0 fully saturated rings. The number of anilines is 1. The van der Waals surface area contributed by atoms with Gasteiger partial charge in [0.15, 0.2) is 0 Å². The Morgan fingerprint density at radius 1 is 1.26 bits per heavy atom. The van der Waals surface area contributed by atoms with Crippen LogP contribution < -0.4 is 5.32 Å². The minimum atomic E-state index is 0.325. The third-order valence-corrected chi connectivity index (χ3v) is 4.36. The molecule has 23 heavy (non-hydrogen) atoms. The summed E-state index contributed by atoms with van der Waals surface area (Å²) in [5, 5.41) is 7.35. The van der Waals surface area contributed by atoms with Gasteiger partial charge in [-0.1, -0.05) is 6.92 Å². The average molecular weight is 306 g/mol. The minimum absolute atomic E-state index is 0.325. The number of aromatic nitrogens is 4. The standard InChI is InChI=1S/C17H18N6/c1-4-11-10(2)20-14-6-5-13(21-16(11)14)12-7-8-23-15(12)9-19-17(18-3)22-23/h5-9,11H,4H2,1-3H3,(H,18,22). The normalized spacial score (nSPS) is 16.5. The molecule has 1 aliphatic heterocycles. The highest BCUT2D eigenvalue weighted by atomic mass is 15.3. The number of nitrogens with one attached hydrogen (secondary N) is 1. The molecular formula is C17H18N6. The van der Waals surface area contributed by atoms with Crippen molar-refractivity contribution in [3.63, 3.8) is 0 Å². The van der Waals surface area contributed by atoms with Crippen LogP contribution in [0.5, 0.6) is 0 Å². The number of aliphatic imine (C=N–C) groups is 1. The molecule has 116 valence electrons. The zero-order valence-electron chi connectivity index (χ0n) is 13.4. The molecule has 0 amide bonds. The summed E-state index contributed by atoms with van der Waals surface area (Å²) in [5.74, 6) is 0.919. The fraction of sp³-hybridized carbons (Fsp3) is 0.294. The van der Waals surface area contributed by atoms with Gasteiger partial charge >= 0.3 is 0 Å². The van der Waals surface area contributed by atoms with Crippen LogP contribution in [-0.2, 0) is 0 Å². The number of fused-ring (bicyclic) bond motifs is 2. The summed E-state index contributed by atoms with van der Waals surface area (Å²) in [6, 6.07) is 6.11. The molecule has 0 saturated carbocycles. The van der Waals surface area contributed by atoms with E-state index in [4.69, 9.17) is 4.98 Å². The van der Waals surface area contributed by atoms with Gasteiger partial charge in [-0.15, -0.1) is 5.10 Å². The first-order valence-electron chi connectivity index (χ1n) is 7.80. The monoisotopic (exact) mass is 306 g/mol. The lowest BCUT2D eigenvalue weighted by Gasteiger charge is -2.09. The molecule has 0 aliphatic carbocycles. The van der Waals surface area contributed by atoms with E-state index in [0.717, 1.165) is 40.3 Å². The van der Waals surface area contributed by atoms with Gasteiger partial charge < -0.3 is 5.32 Å². The third-order valence-electron chi connectivity index (χ3n) is 4.36. The molecule has 6 heteroatoms. The van der Waals surface area contributed by atoms with Crippen LogP contribution in [0.2, 0.25) is 0 Å². The van der Waals surface area contributed by atoms with Crippen LogP contribution in [0, 0.1) is 0 Å². The van der Waals surface area contributed by atoms with E-state index in [1.807, 2.05) is 29.0 Å². The van der Waals surface area contributed by atoms with E-state index in [0.29, 0.717) is 11.9 Å². The van der Waals surface area contributed by atoms with Crippen LogP contribution in [0.25, 0.3) is 16.8 Å². The molecule has 3 aromatic heterocycles. The van der Waals surface area contributed by atoms with E-state index < -0.39 is 0 Å². The second-order valence-corrected chi connectivity index (χ2v) is 5.71. The van der Waals surface area contributed by atoms with Gasteiger partial charge in [0.05, 0.1) is 28.8 Å². The lowest BCUT2D eigenvalue weighted by atomic mass is 9.98. The Bertz CT molecular complexity index is 924. The van der Waals surface area contributed by atoms with Crippen molar-refractivity contribution in [1.29, 1.82) is 0 Å². The molecule has 0 aromatic carbocycles. The summed E-state index contributed by atoms with van der Waals surface area (Å²) in [5.41, 5.74) is 6.14. The molecule has 0 bridgehead atoms. The van der Waals surface area contributed by atoms with Crippen molar-refractivity contribution < 1.29 is 0 Å². The second-order valence-electron chi connectivity index (χ2n) is 5.71. The summed E-state index contributed by atoms with van der Waals surface area (Å²) < 4.78 is 1.82. The van der Waals surface area contributed by atoms with Gasteiger partial charge in [-0.3, -0.25) is 4.99 Å². The van der Waals surface area contributed by atoms with Crippen LogP contribution in [0.15, 0.2) is 35.6 Å². The molecule has 6 nitrogen and oxygen atoms in total. The average Bonchev–Trinajstić information content (AvgIpc) is 3.13. The van der Waals surface area contributed by atoms with Crippen molar-refractivity contribution in [3.8, 4) is 11.3 Å². The van der Waals surface area contributed by atoms with Gasteiger partial charge in [0.25, 0.3) is 0 Å². The SMILES string of the molecule is CCC1C(C)=Nc2ccc(-c3ccn4nc(NC)ncc34)nc21. The highest BCUT2D eigenvalue weighted by Gasteiger charge is 2.25. The Kier molecular flexibility index (Phi) is 3.11. The summed E-state index contributed by atoms with van der Waals surface area (Å²) in [4.78, 5) is 13.8. The summed E-state index contributed by atoms with van der Waals surface area (Å²) >= 11 is 0. The van der Waals surface area contributed by atoms with Gasteiger partial charge in [0.1, 0.15) is 0 Å². The van der Waals surface area contributed by atoms with Gasteiger partial charge in [-0.25, -0.2) is 14.5 Å². The van der Waals surface area contributed by atoms with E-state index in [1.54, 1.807) is 7.05 Å². The molecule has 1 unspecified atom stereocenters. The molecule has 1 atom stereocenters. The van der Waals surface area contributed by atoms with E-state index in [1.165, 1.54) is 0 Å². The van der Waals surface area contributed by atoms with Gasteiger partial charge in [-0.2, -0.15) is 0 Å². The van der Waals surface area contributed by atoms with E-state index in [2.05, 4.69) is 40.3 Å². The highest BCUT2D eigenvalue weighted by Crippen LogP contribution is 2.37. The van der Waals surface area contributed by atoms with Crippen molar-refractivity contribution in [3.05, 3.63) is 36.3 Å². The predicted molar refractivity (Wildman–Crippen MR) is 91.6 cm³/mol. The molecule has 0 radical (unpaired) electrons. The smallest absolute Gasteiger partial charge is 0.240 e. The Hall–Kier alpha value is -2.76. The Balaban J connectivity index is 1.83. The first kappa shape index (κ1) is 13.9. The summed E-state index contributed by atoms with van der Waals surface area (Å²) in [7, 11) is 1.81. The lowest BCUT2D eigenvalue weighted by Crippen LogP contribution is -2.05. The zero-order chi connectivity index (χ0) is 16.0. The second kappa shape index (κ2) is 5.15. The van der Waals surface area contributed by atoms with Crippen LogP contribution in [0.3, 0.4) is 0 Å². The Labute approximate surface area is 134 Å². The van der Waals surface area contributed by atoms with Gasteiger partial charge in [0, 0.05) is 30.4 Å². The van der Waals surface area contributed by atoms with Crippen LogP contribution in [0.1, 0.15) is 31.9 Å². The first-order valence-corrected chi connectivity index (χ1v) is 7.80. The molecule has 4 rings (SSSR count). The number of nitrogens with zero attached hydrogens (tertiary/aromatic N) is 5. The van der Waals surface area contributed by atoms with E-state index in [9.17, 15) is 0 Å². The highest BCUT2D eigenvalue weighted by molar-refractivity contribution is 5.96. The van der Waals surface area contributed by atoms with Crippen molar-refractivity contribution in [2.24, 2.45) is 4.99 Å². The van der Waals surface area contributed by atoms with Crippen LogP contribution in [-0.4, -0.2) is 32.3 Å². The van der Waals surface area contributed by atoms with E-state index >= 15 is 0 Å². The Morgan fingerprint density at radius 3 is 2.91 bits per heavy atom. The fourth-order valence-electron chi connectivity index (χ4n) is 3.15. The minimum Gasteiger partial charge on any atom is -0.356 e. The molecular weight excluding hydrogens is 288 g/mol. The quantitative estimate of drug-likeness (QED) is 0.805. The molecule has 0 saturated heterocycles. The molecule has 1 aliphatic rings. The number of hydrogen-bond donors (Lipinski definition) is 1. The first-order chi connectivity index (χ1) is 11.2. The topological polar surface area (TPSA) is 67.5 Å². The molecule has 4 heterocycles. The molecule has 1 N–H and O–H groups in total. The fourth-order valence-corrected chi connectivity index (χ4v) is 3.15. The van der Waals surface area contributed by atoms with Crippen molar-refractivity contribution in [1.82, 2.24) is 19.6 Å². The predicted octanol–water partition coefficient (Wildman–Crippen LogP) is 3.43. The Morgan fingerprint density at radius 2 is 2.13 bits per heavy atom. The zero-order valence-corrected chi connectivity index (χ0v) is 13.4.